The highest BCUT2D eigenvalue weighted by molar-refractivity contribution is 7.21. The molecule has 108 valence electrons. The highest BCUT2D eigenvalue weighted by atomic mass is 35.5. The lowest BCUT2D eigenvalue weighted by Gasteiger charge is -2.04. The summed E-state index contributed by atoms with van der Waals surface area (Å²) < 4.78 is 9.38. The van der Waals surface area contributed by atoms with Crippen LogP contribution in [0.25, 0.3) is 21.1 Å². The fourth-order valence-corrected chi connectivity index (χ4v) is 4.21. The molecular weight excluding hydrogens is 338 g/mol. The van der Waals surface area contributed by atoms with Crippen molar-refractivity contribution in [3.8, 4) is 0 Å². The lowest BCUT2D eigenvalue weighted by Crippen LogP contribution is -2.10. The fourth-order valence-electron chi connectivity index (χ4n) is 2.25. The number of carbonyl (C=O) groups excluding carboxylic acids is 1. The number of halogens is 1. The second-order valence-electron chi connectivity index (χ2n) is 4.63. The molecule has 22 heavy (non-hydrogen) atoms. The molecule has 1 N–H and O–H groups in total. The summed E-state index contributed by atoms with van der Waals surface area (Å²) in [5.41, 5.74) is 2.10. The molecule has 0 atom stereocenters. The van der Waals surface area contributed by atoms with Gasteiger partial charge >= 0.3 is 0 Å². The van der Waals surface area contributed by atoms with E-state index in [0.717, 1.165) is 27.3 Å². The molecule has 0 spiro atoms. The Kier molecular flexibility index (Phi) is 3.29. The molecule has 0 bridgehead atoms. The molecule has 0 aliphatic heterocycles. The smallest absolute Gasteiger partial charge is 0.267 e. The maximum Gasteiger partial charge on any atom is 0.267 e. The largest absolute Gasteiger partial charge is 0.319 e. The first kappa shape index (κ1) is 13.6. The number of benzene rings is 2. The van der Waals surface area contributed by atoms with Gasteiger partial charge in [-0.25, -0.2) is 0 Å². The third kappa shape index (κ3) is 2.16. The standard InChI is InChI=1S/C15H8ClN3OS2/c16-12-8-4-1-2-7-11(8)21-14(12)15(20)17-9-5-3-6-10-13(9)19-22-18-10/h1-7H,(H,17,20). The molecule has 1 amide bonds. The minimum Gasteiger partial charge on any atom is -0.319 e. The number of hydrogen-bond donors (Lipinski definition) is 1. The SMILES string of the molecule is O=C(Nc1cccc2nsnc12)c1sc2ccccc2c1Cl. The average molecular weight is 346 g/mol. The molecule has 2 heterocycles. The number of nitrogens with one attached hydrogen (secondary N) is 1. The Morgan fingerprint density at radius 3 is 2.82 bits per heavy atom. The van der Waals surface area contributed by atoms with Gasteiger partial charge in [-0.3, -0.25) is 4.79 Å². The maximum atomic E-state index is 12.5. The zero-order valence-electron chi connectivity index (χ0n) is 11.0. The van der Waals surface area contributed by atoms with Gasteiger partial charge in [0.05, 0.1) is 22.4 Å². The Labute approximate surface area is 138 Å². The number of hydrogen-bond acceptors (Lipinski definition) is 5. The third-order valence-electron chi connectivity index (χ3n) is 3.28. The molecule has 0 aliphatic carbocycles. The molecule has 7 heteroatoms. The number of carbonyl (C=O) groups is 1. The van der Waals surface area contributed by atoms with Crippen molar-refractivity contribution in [3.63, 3.8) is 0 Å². The molecular formula is C15H8ClN3OS2. The Hall–Kier alpha value is -2.02. The Morgan fingerprint density at radius 1 is 1.09 bits per heavy atom. The zero-order valence-corrected chi connectivity index (χ0v) is 13.4. The quantitative estimate of drug-likeness (QED) is 0.567. The average Bonchev–Trinajstić information content (AvgIpc) is 3.13. The van der Waals surface area contributed by atoms with Crippen LogP contribution in [0, 0.1) is 0 Å². The topological polar surface area (TPSA) is 54.9 Å². The van der Waals surface area contributed by atoms with Crippen molar-refractivity contribution in [2.45, 2.75) is 0 Å². The van der Waals surface area contributed by atoms with Gasteiger partial charge in [0.25, 0.3) is 5.91 Å². The van der Waals surface area contributed by atoms with Crippen LogP contribution in [0.15, 0.2) is 42.5 Å². The van der Waals surface area contributed by atoms with Crippen molar-refractivity contribution < 1.29 is 4.79 Å². The Bertz CT molecular complexity index is 1010. The van der Waals surface area contributed by atoms with Gasteiger partial charge in [-0.15, -0.1) is 11.3 Å². The molecule has 4 aromatic rings. The Morgan fingerprint density at radius 2 is 1.95 bits per heavy atom. The highest BCUT2D eigenvalue weighted by Gasteiger charge is 2.18. The number of thiophene rings is 1. The van der Waals surface area contributed by atoms with E-state index in [-0.39, 0.29) is 5.91 Å². The van der Waals surface area contributed by atoms with E-state index >= 15 is 0 Å². The number of nitrogens with zero attached hydrogens (tertiary/aromatic N) is 2. The van der Waals surface area contributed by atoms with E-state index in [1.54, 1.807) is 0 Å². The van der Waals surface area contributed by atoms with Crippen molar-refractivity contribution in [1.29, 1.82) is 0 Å². The van der Waals surface area contributed by atoms with Gasteiger partial charge < -0.3 is 5.32 Å². The van der Waals surface area contributed by atoms with Gasteiger partial charge in [0, 0.05) is 10.1 Å². The van der Waals surface area contributed by atoms with E-state index in [2.05, 4.69) is 14.1 Å². The highest BCUT2D eigenvalue weighted by Crippen LogP contribution is 2.35. The summed E-state index contributed by atoms with van der Waals surface area (Å²) in [6.07, 6.45) is 0. The molecule has 0 radical (unpaired) electrons. The molecule has 2 aromatic carbocycles. The number of amides is 1. The Balaban J connectivity index is 1.75. The molecule has 0 aliphatic rings. The fraction of sp³-hybridized carbons (Fsp3) is 0. The lowest BCUT2D eigenvalue weighted by molar-refractivity contribution is 0.103. The normalized spacial score (nSPS) is 11.1. The molecule has 4 nitrogen and oxygen atoms in total. The summed E-state index contributed by atoms with van der Waals surface area (Å²) >= 11 is 8.84. The van der Waals surface area contributed by atoms with Crippen LogP contribution in [0.5, 0.6) is 0 Å². The monoisotopic (exact) mass is 345 g/mol. The molecule has 4 rings (SSSR count). The van der Waals surface area contributed by atoms with Gasteiger partial charge in [0.1, 0.15) is 15.9 Å². The third-order valence-corrected chi connectivity index (χ3v) is 5.49. The van der Waals surface area contributed by atoms with Gasteiger partial charge in [0.2, 0.25) is 0 Å². The second-order valence-corrected chi connectivity index (χ2v) is 6.59. The van der Waals surface area contributed by atoms with E-state index in [1.807, 2.05) is 42.5 Å². The van der Waals surface area contributed by atoms with E-state index < -0.39 is 0 Å². The molecule has 0 saturated carbocycles. The molecule has 2 aromatic heterocycles. The van der Waals surface area contributed by atoms with Crippen LogP contribution in [0.4, 0.5) is 5.69 Å². The van der Waals surface area contributed by atoms with Crippen LogP contribution < -0.4 is 5.32 Å². The summed E-state index contributed by atoms with van der Waals surface area (Å²) in [6, 6.07) is 13.2. The molecule has 0 unspecified atom stereocenters. The van der Waals surface area contributed by atoms with Crippen molar-refractivity contribution in [1.82, 2.24) is 8.75 Å². The predicted molar refractivity (Wildman–Crippen MR) is 92.2 cm³/mol. The number of fused-ring (bicyclic) bond motifs is 2. The van der Waals surface area contributed by atoms with E-state index in [1.165, 1.54) is 11.3 Å². The van der Waals surface area contributed by atoms with Gasteiger partial charge in [-0.2, -0.15) is 8.75 Å². The van der Waals surface area contributed by atoms with Gasteiger partial charge in [-0.1, -0.05) is 35.9 Å². The zero-order chi connectivity index (χ0) is 15.1. The lowest BCUT2D eigenvalue weighted by atomic mass is 10.2. The van der Waals surface area contributed by atoms with E-state index in [4.69, 9.17) is 11.6 Å². The van der Waals surface area contributed by atoms with Gasteiger partial charge in [0.15, 0.2) is 0 Å². The van der Waals surface area contributed by atoms with Crippen LogP contribution in [-0.4, -0.2) is 14.7 Å². The van der Waals surface area contributed by atoms with Crippen LogP contribution in [0.2, 0.25) is 5.02 Å². The first-order chi connectivity index (χ1) is 10.7. The van der Waals surface area contributed by atoms with Crippen LogP contribution in [-0.2, 0) is 0 Å². The summed E-state index contributed by atoms with van der Waals surface area (Å²) in [4.78, 5) is 13.0. The van der Waals surface area contributed by atoms with E-state index in [9.17, 15) is 4.79 Å². The van der Waals surface area contributed by atoms with Crippen molar-refractivity contribution >= 4 is 67.4 Å². The number of anilines is 1. The van der Waals surface area contributed by atoms with E-state index in [0.29, 0.717) is 21.1 Å². The summed E-state index contributed by atoms with van der Waals surface area (Å²) in [6.45, 7) is 0. The van der Waals surface area contributed by atoms with Crippen LogP contribution >= 0.6 is 34.7 Å². The summed E-state index contributed by atoms with van der Waals surface area (Å²) in [7, 11) is 0. The van der Waals surface area contributed by atoms with Crippen molar-refractivity contribution in [2.75, 3.05) is 5.32 Å². The first-order valence-corrected chi connectivity index (χ1v) is 8.36. The molecule has 0 saturated heterocycles. The maximum absolute atomic E-state index is 12.5. The minimum absolute atomic E-state index is 0.230. The van der Waals surface area contributed by atoms with Gasteiger partial charge in [-0.05, 0) is 18.2 Å². The summed E-state index contributed by atoms with van der Waals surface area (Å²) in [5.74, 6) is -0.230. The number of rotatable bonds is 2. The summed E-state index contributed by atoms with van der Waals surface area (Å²) in [5, 5.41) is 4.26. The van der Waals surface area contributed by atoms with Crippen LogP contribution in [0.1, 0.15) is 9.67 Å². The minimum atomic E-state index is -0.230. The molecule has 0 fully saturated rings. The van der Waals surface area contributed by atoms with Crippen molar-refractivity contribution in [2.24, 2.45) is 0 Å². The number of aromatic nitrogens is 2. The predicted octanol–water partition coefficient (Wildman–Crippen LogP) is 4.81. The van der Waals surface area contributed by atoms with Crippen LogP contribution in [0.3, 0.4) is 0 Å². The second kappa shape index (κ2) is 5.31. The first-order valence-electron chi connectivity index (χ1n) is 6.44. The van der Waals surface area contributed by atoms with Crippen molar-refractivity contribution in [3.05, 3.63) is 52.4 Å².